The topological polar surface area (TPSA) is 65.0 Å². The summed E-state index contributed by atoms with van der Waals surface area (Å²) in [5, 5.41) is 3.39. The number of piperazine rings is 1. The van der Waals surface area contributed by atoms with Crippen molar-refractivity contribution in [2.45, 2.75) is 26.3 Å². The molecular weight excluding hydrogens is 494 g/mol. The molecule has 0 spiro atoms. The van der Waals surface area contributed by atoms with Gasteiger partial charge in [0.25, 0.3) is 0 Å². The highest BCUT2D eigenvalue weighted by molar-refractivity contribution is 14.0. The Morgan fingerprint density at radius 1 is 1.25 bits per heavy atom. The maximum atomic E-state index is 14.0. The molecule has 9 heteroatoms. The van der Waals surface area contributed by atoms with Crippen LogP contribution in [0.1, 0.15) is 20.3 Å². The number of nitrogens with zero attached hydrogens (tertiary/aromatic N) is 3. The molecule has 1 N–H and O–H groups in total. The van der Waals surface area contributed by atoms with Crippen molar-refractivity contribution in [1.29, 1.82) is 0 Å². The van der Waals surface area contributed by atoms with E-state index in [4.69, 9.17) is 4.99 Å². The Balaban J connectivity index is 0.00000280. The van der Waals surface area contributed by atoms with E-state index < -0.39 is 9.84 Å². The predicted octanol–water partition coefficient (Wildman–Crippen LogP) is 2.35. The van der Waals surface area contributed by atoms with Gasteiger partial charge in [-0.05, 0) is 38.3 Å². The molecule has 2 fully saturated rings. The van der Waals surface area contributed by atoms with Crippen molar-refractivity contribution in [3.05, 3.63) is 30.1 Å². The average molecular weight is 524 g/mol. The van der Waals surface area contributed by atoms with Crippen molar-refractivity contribution in [3.8, 4) is 0 Å². The van der Waals surface area contributed by atoms with Gasteiger partial charge in [-0.25, -0.2) is 12.8 Å². The molecule has 0 aromatic heterocycles. The number of anilines is 1. The van der Waals surface area contributed by atoms with Crippen LogP contribution in [0.3, 0.4) is 0 Å². The second kappa shape index (κ2) is 10.1. The minimum absolute atomic E-state index is 0. The molecule has 1 atom stereocenters. The van der Waals surface area contributed by atoms with Gasteiger partial charge in [0.05, 0.1) is 17.2 Å². The lowest BCUT2D eigenvalue weighted by Crippen LogP contribution is -2.54. The van der Waals surface area contributed by atoms with Crippen LogP contribution in [0.4, 0.5) is 10.1 Å². The molecule has 0 saturated carbocycles. The zero-order chi connectivity index (χ0) is 19.4. The third-order valence-electron chi connectivity index (χ3n) is 5.02. The van der Waals surface area contributed by atoms with Crippen molar-refractivity contribution in [1.82, 2.24) is 10.2 Å². The Kier molecular flexibility index (Phi) is 8.35. The molecule has 0 bridgehead atoms. The second-order valence-corrected chi connectivity index (χ2v) is 9.89. The average Bonchev–Trinajstić information content (AvgIpc) is 2.98. The Bertz CT molecular complexity index is 780. The third kappa shape index (κ3) is 6.20. The minimum atomic E-state index is -2.88. The summed E-state index contributed by atoms with van der Waals surface area (Å²) < 4.78 is 37.3. The fourth-order valence-corrected chi connectivity index (χ4v) is 5.44. The number of aliphatic imine (C=N–C) groups is 1. The summed E-state index contributed by atoms with van der Waals surface area (Å²) in [5.41, 5.74) is 0.642. The van der Waals surface area contributed by atoms with E-state index >= 15 is 0 Å². The zero-order valence-corrected chi connectivity index (χ0v) is 19.6. The zero-order valence-electron chi connectivity index (χ0n) is 16.5. The maximum Gasteiger partial charge on any atom is 0.194 e. The van der Waals surface area contributed by atoms with E-state index in [9.17, 15) is 12.8 Å². The van der Waals surface area contributed by atoms with Gasteiger partial charge >= 0.3 is 0 Å². The highest BCUT2D eigenvalue weighted by atomic mass is 127. The van der Waals surface area contributed by atoms with Crippen LogP contribution in [0.2, 0.25) is 0 Å². The normalized spacial score (nSPS) is 22.3. The van der Waals surface area contributed by atoms with E-state index in [0.29, 0.717) is 18.7 Å². The molecule has 2 aliphatic rings. The van der Waals surface area contributed by atoms with Crippen molar-refractivity contribution in [3.63, 3.8) is 0 Å². The van der Waals surface area contributed by atoms with Gasteiger partial charge in [0, 0.05) is 38.8 Å². The fourth-order valence-electron chi connectivity index (χ4n) is 3.59. The number of sulfone groups is 1. The smallest absolute Gasteiger partial charge is 0.194 e. The largest absolute Gasteiger partial charge is 0.366 e. The summed E-state index contributed by atoms with van der Waals surface area (Å²) in [7, 11) is -2.88. The Morgan fingerprint density at radius 2 is 1.93 bits per heavy atom. The summed E-state index contributed by atoms with van der Waals surface area (Å²) in [6.07, 6.45) is 0.696. The first-order valence-electron chi connectivity index (χ1n) is 9.60. The summed E-state index contributed by atoms with van der Waals surface area (Å²) in [6.45, 7) is 7.58. The molecule has 1 aromatic carbocycles. The Morgan fingerprint density at radius 3 is 2.50 bits per heavy atom. The number of guanidine groups is 1. The number of benzene rings is 1. The second-order valence-electron chi connectivity index (χ2n) is 7.66. The number of halogens is 2. The van der Waals surface area contributed by atoms with Gasteiger partial charge in [-0.3, -0.25) is 4.99 Å². The first kappa shape index (κ1) is 23.2. The fraction of sp³-hybridized carbons (Fsp3) is 0.632. The Labute approximate surface area is 184 Å². The van der Waals surface area contributed by atoms with Crippen molar-refractivity contribution in [2.75, 3.05) is 49.1 Å². The summed E-state index contributed by atoms with van der Waals surface area (Å²) >= 11 is 0. The molecule has 0 aliphatic carbocycles. The van der Waals surface area contributed by atoms with Gasteiger partial charge in [0.2, 0.25) is 0 Å². The molecule has 0 radical (unpaired) electrons. The molecule has 28 heavy (non-hydrogen) atoms. The monoisotopic (exact) mass is 524 g/mol. The van der Waals surface area contributed by atoms with Gasteiger partial charge in [0.15, 0.2) is 15.8 Å². The molecule has 2 saturated heterocycles. The third-order valence-corrected chi connectivity index (χ3v) is 6.85. The van der Waals surface area contributed by atoms with Gasteiger partial charge in [-0.15, -0.1) is 24.0 Å². The van der Waals surface area contributed by atoms with E-state index in [1.165, 1.54) is 6.07 Å². The molecule has 1 unspecified atom stereocenters. The maximum absolute atomic E-state index is 14.0. The van der Waals surface area contributed by atoms with Crippen molar-refractivity contribution < 1.29 is 12.8 Å². The lowest BCUT2D eigenvalue weighted by molar-refractivity contribution is 0.365. The quantitative estimate of drug-likeness (QED) is 0.373. The first-order valence-corrected chi connectivity index (χ1v) is 11.4. The van der Waals surface area contributed by atoms with Crippen LogP contribution in [0.5, 0.6) is 0 Å². The number of nitrogens with one attached hydrogen (secondary N) is 1. The van der Waals surface area contributed by atoms with Crippen molar-refractivity contribution in [2.24, 2.45) is 10.9 Å². The summed E-state index contributed by atoms with van der Waals surface area (Å²) in [4.78, 5) is 8.96. The van der Waals surface area contributed by atoms with Gasteiger partial charge in [-0.1, -0.05) is 12.1 Å². The lowest BCUT2D eigenvalue weighted by atomic mass is 10.1. The summed E-state index contributed by atoms with van der Waals surface area (Å²) in [5.74, 6) is 1.26. The number of hydrogen-bond acceptors (Lipinski definition) is 4. The lowest BCUT2D eigenvalue weighted by Gasteiger charge is -2.38. The molecule has 2 aliphatic heterocycles. The molecule has 6 nitrogen and oxygen atoms in total. The van der Waals surface area contributed by atoms with Crippen LogP contribution in [0, 0.1) is 11.7 Å². The highest BCUT2D eigenvalue weighted by Crippen LogP contribution is 2.21. The van der Waals surface area contributed by atoms with Crippen LogP contribution in [-0.2, 0) is 9.84 Å². The van der Waals surface area contributed by atoms with Gasteiger partial charge in [0.1, 0.15) is 5.82 Å². The van der Waals surface area contributed by atoms with Crippen LogP contribution in [0.15, 0.2) is 29.3 Å². The number of rotatable bonds is 4. The summed E-state index contributed by atoms with van der Waals surface area (Å²) in [6, 6.07) is 7.10. The van der Waals surface area contributed by atoms with Crippen LogP contribution in [0.25, 0.3) is 0 Å². The molecule has 1 aromatic rings. The van der Waals surface area contributed by atoms with Gasteiger partial charge < -0.3 is 15.1 Å². The van der Waals surface area contributed by atoms with Crippen molar-refractivity contribution >= 4 is 45.5 Å². The van der Waals surface area contributed by atoms with Crippen LogP contribution < -0.4 is 10.2 Å². The number of hydrogen-bond donors (Lipinski definition) is 1. The molecule has 2 heterocycles. The molecular formula is C19H30FIN4O2S. The highest BCUT2D eigenvalue weighted by Gasteiger charge is 2.28. The first-order chi connectivity index (χ1) is 12.8. The van der Waals surface area contributed by atoms with E-state index in [0.717, 1.165) is 32.1 Å². The number of para-hydroxylation sites is 1. The van der Waals surface area contributed by atoms with E-state index in [1.807, 2.05) is 12.1 Å². The molecule has 3 rings (SSSR count). The van der Waals surface area contributed by atoms with Crippen LogP contribution >= 0.6 is 24.0 Å². The SMILES string of the molecule is CC(C)NC(=NCC1CCS(=O)(=O)C1)N1CCN(c2ccccc2F)CC1.I. The van der Waals surface area contributed by atoms with Gasteiger partial charge in [-0.2, -0.15) is 0 Å². The van der Waals surface area contributed by atoms with E-state index in [1.54, 1.807) is 6.07 Å². The predicted molar refractivity (Wildman–Crippen MR) is 123 cm³/mol. The molecule has 0 amide bonds. The van der Waals surface area contributed by atoms with E-state index in [-0.39, 0.29) is 53.3 Å². The van der Waals surface area contributed by atoms with E-state index in [2.05, 4.69) is 29.0 Å². The minimum Gasteiger partial charge on any atom is -0.366 e. The Hall–Kier alpha value is -1.10. The standard InChI is InChI=1S/C19H29FN4O2S.HI/c1-15(2)22-19(21-13-16-7-12-27(25,26)14-16)24-10-8-23(9-11-24)18-6-4-3-5-17(18)20;/h3-6,15-16H,7-14H2,1-2H3,(H,21,22);1H. The van der Waals surface area contributed by atoms with Crippen LogP contribution in [-0.4, -0.2) is 69.5 Å². The molecule has 158 valence electrons.